The first kappa shape index (κ1) is 12.7. The number of aliphatic hydroxyl groups is 1. The standard InChI is InChI=1S/C14H19ClO2/c1-10(16)11-7-8-14(13(15)9-11)17-12-5-3-2-4-6-12/h7-10,12,16H,2-6H2,1H3/t10-/m0/s1. The third-order valence-corrected chi connectivity index (χ3v) is 3.58. The van der Waals surface area contributed by atoms with Gasteiger partial charge >= 0.3 is 0 Å². The molecule has 0 amide bonds. The minimum absolute atomic E-state index is 0.304. The molecule has 0 saturated heterocycles. The summed E-state index contributed by atoms with van der Waals surface area (Å²) >= 11 is 6.16. The van der Waals surface area contributed by atoms with Gasteiger partial charge in [0.2, 0.25) is 0 Å². The molecule has 0 aliphatic heterocycles. The minimum atomic E-state index is -0.490. The van der Waals surface area contributed by atoms with Crippen molar-refractivity contribution in [2.45, 2.75) is 51.2 Å². The van der Waals surface area contributed by atoms with Gasteiger partial charge in [0.05, 0.1) is 17.2 Å². The van der Waals surface area contributed by atoms with E-state index in [1.54, 1.807) is 13.0 Å². The molecular formula is C14H19ClO2. The van der Waals surface area contributed by atoms with Crippen molar-refractivity contribution in [3.05, 3.63) is 28.8 Å². The highest BCUT2D eigenvalue weighted by Crippen LogP contribution is 2.31. The number of hydrogen-bond acceptors (Lipinski definition) is 2. The van der Waals surface area contributed by atoms with E-state index in [1.807, 2.05) is 12.1 Å². The SMILES string of the molecule is C[C@H](O)c1ccc(OC2CCCCC2)c(Cl)c1. The first-order valence-corrected chi connectivity index (χ1v) is 6.69. The number of hydrogen-bond donors (Lipinski definition) is 1. The molecule has 2 nitrogen and oxygen atoms in total. The van der Waals surface area contributed by atoms with Crippen molar-refractivity contribution in [2.75, 3.05) is 0 Å². The molecule has 0 bridgehead atoms. The highest BCUT2D eigenvalue weighted by Gasteiger charge is 2.16. The summed E-state index contributed by atoms with van der Waals surface area (Å²) in [5.41, 5.74) is 0.825. The topological polar surface area (TPSA) is 29.5 Å². The van der Waals surface area contributed by atoms with Crippen LogP contribution in [0.4, 0.5) is 0 Å². The van der Waals surface area contributed by atoms with Crippen LogP contribution in [0, 0.1) is 0 Å². The lowest BCUT2D eigenvalue weighted by Gasteiger charge is -2.23. The molecule has 0 spiro atoms. The summed E-state index contributed by atoms with van der Waals surface area (Å²) in [4.78, 5) is 0. The maximum atomic E-state index is 9.46. The molecule has 1 fully saturated rings. The predicted octanol–water partition coefficient (Wildman–Crippen LogP) is 4.10. The molecular weight excluding hydrogens is 236 g/mol. The zero-order valence-corrected chi connectivity index (χ0v) is 10.9. The van der Waals surface area contributed by atoms with Gasteiger partial charge in [0.1, 0.15) is 5.75 Å². The van der Waals surface area contributed by atoms with Crippen molar-refractivity contribution in [1.29, 1.82) is 0 Å². The largest absolute Gasteiger partial charge is 0.489 e. The molecule has 94 valence electrons. The first-order chi connectivity index (χ1) is 8.16. The summed E-state index contributed by atoms with van der Waals surface area (Å²) in [6.45, 7) is 1.73. The Hall–Kier alpha value is -0.730. The fourth-order valence-corrected chi connectivity index (χ4v) is 2.47. The van der Waals surface area contributed by atoms with Crippen LogP contribution in [0.2, 0.25) is 5.02 Å². The van der Waals surface area contributed by atoms with E-state index in [0.717, 1.165) is 24.2 Å². The van der Waals surface area contributed by atoms with Crippen LogP contribution in [0.15, 0.2) is 18.2 Å². The zero-order valence-electron chi connectivity index (χ0n) is 10.2. The van der Waals surface area contributed by atoms with E-state index >= 15 is 0 Å². The van der Waals surface area contributed by atoms with Crippen LogP contribution in [0.25, 0.3) is 0 Å². The Morgan fingerprint density at radius 1 is 1.29 bits per heavy atom. The van der Waals surface area contributed by atoms with Crippen LogP contribution < -0.4 is 4.74 Å². The average molecular weight is 255 g/mol. The Labute approximate surface area is 108 Å². The summed E-state index contributed by atoms with van der Waals surface area (Å²) in [5, 5.41) is 10.1. The minimum Gasteiger partial charge on any atom is -0.489 e. The molecule has 2 rings (SSSR count). The fourth-order valence-electron chi connectivity index (χ4n) is 2.24. The van der Waals surface area contributed by atoms with Crippen LogP contribution in [0.1, 0.15) is 50.7 Å². The smallest absolute Gasteiger partial charge is 0.138 e. The predicted molar refractivity (Wildman–Crippen MR) is 69.6 cm³/mol. The Balaban J connectivity index is 2.05. The van der Waals surface area contributed by atoms with Gasteiger partial charge in [0.15, 0.2) is 0 Å². The Bertz CT molecular complexity index is 370. The lowest BCUT2D eigenvalue weighted by atomic mass is 9.98. The summed E-state index contributed by atoms with van der Waals surface area (Å²) in [5.74, 6) is 0.739. The molecule has 0 unspecified atom stereocenters. The van der Waals surface area contributed by atoms with Crippen molar-refractivity contribution in [2.24, 2.45) is 0 Å². The van der Waals surface area contributed by atoms with Gasteiger partial charge in [0.25, 0.3) is 0 Å². The van der Waals surface area contributed by atoms with Crippen LogP contribution in [0.3, 0.4) is 0 Å². The Morgan fingerprint density at radius 3 is 2.59 bits per heavy atom. The third kappa shape index (κ3) is 3.36. The number of halogens is 1. The van der Waals surface area contributed by atoms with Crippen molar-refractivity contribution in [1.82, 2.24) is 0 Å². The molecule has 0 heterocycles. The zero-order chi connectivity index (χ0) is 12.3. The molecule has 1 aliphatic carbocycles. The lowest BCUT2D eigenvalue weighted by Crippen LogP contribution is -2.19. The van der Waals surface area contributed by atoms with E-state index < -0.39 is 6.10 Å². The van der Waals surface area contributed by atoms with E-state index in [4.69, 9.17) is 16.3 Å². The first-order valence-electron chi connectivity index (χ1n) is 6.31. The quantitative estimate of drug-likeness (QED) is 0.880. The second-order valence-corrected chi connectivity index (χ2v) is 5.15. The van der Waals surface area contributed by atoms with Gasteiger partial charge in [0, 0.05) is 0 Å². The molecule has 1 saturated carbocycles. The van der Waals surface area contributed by atoms with Crippen LogP contribution in [-0.4, -0.2) is 11.2 Å². The molecule has 0 radical (unpaired) electrons. The van der Waals surface area contributed by atoms with Crippen LogP contribution in [0.5, 0.6) is 5.75 Å². The van der Waals surface area contributed by atoms with Gasteiger partial charge in [-0.1, -0.05) is 24.1 Å². The van der Waals surface area contributed by atoms with E-state index in [0.29, 0.717) is 11.1 Å². The maximum Gasteiger partial charge on any atom is 0.138 e. The van der Waals surface area contributed by atoms with Crippen molar-refractivity contribution < 1.29 is 9.84 Å². The highest BCUT2D eigenvalue weighted by molar-refractivity contribution is 6.32. The third-order valence-electron chi connectivity index (χ3n) is 3.28. The molecule has 1 aromatic rings. The van der Waals surface area contributed by atoms with Crippen LogP contribution >= 0.6 is 11.6 Å². The summed E-state index contributed by atoms with van der Waals surface area (Å²) < 4.78 is 5.91. The van der Waals surface area contributed by atoms with Crippen molar-refractivity contribution in [3.8, 4) is 5.75 Å². The van der Waals surface area contributed by atoms with Gasteiger partial charge < -0.3 is 9.84 Å². The van der Waals surface area contributed by atoms with Gasteiger partial charge in [-0.15, -0.1) is 0 Å². The average Bonchev–Trinajstić information content (AvgIpc) is 2.33. The molecule has 1 N–H and O–H groups in total. The normalized spacial score (nSPS) is 19.0. The monoisotopic (exact) mass is 254 g/mol. The van der Waals surface area contributed by atoms with Gasteiger partial charge in [-0.2, -0.15) is 0 Å². The van der Waals surface area contributed by atoms with Gasteiger partial charge in [-0.25, -0.2) is 0 Å². The van der Waals surface area contributed by atoms with Crippen molar-refractivity contribution >= 4 is 11.6 Å². The molecule has 17 heavy (non-hydrogen) atoms. The maximum absolute atomic E-state index is 9.46. The number of aliphatic hydroxyl groups excluding tert-OH is 1. The second-order valence-electron chi connectivity index (χ2n) is 4.74. The number of benzene rings is 1. The number of rotatable bonds is 3. The van der Waals surface area contributed by atoms with Gasteiger partial charge in [-0.3, -0.25) is 0 Å². The summed E-state index contributed by atoms with van der Waals surface area (Å²) in [6.07, 6.45) is 5.86. The molecule has 1 atom stereocenters. The lowest BCUT2D eigenvalue weighted by molar-refractivity contribution is 0.155. The summed E-state index contributed by atoms with van der Waals surface area (Å²) in [6, 6.07) is 5.51. The van der Waals surface area contributed by atoms with Crippen molar-refractivity contribution in [3.63, 3.8) is 0 Å². The van der Waals surface area contributed by atoms with E-state index in [-0.39, 0.29) is 0 Å². The molecule has 0 aromatic heterocycles. The fraction of sp³-hybridized carbons (Fsp3) is 0.571. The van der Waals surface area contributed by atoms with Crippen LogP contribution in [-0.2, 0) is 0 Å². The molecule has 3 heteroatoms. The summed E-state index contributed by atoms with van der Waals surface area (Å²) in [7, 11) is 0. The number of ether oxygens (including phenoxy) is 1. The molecule has 1 aromatic carbocycles. The van der Waals surface area contributed by atoms with E-state index in [9.17, 15) is 5.11 Å². The second kappa shape index (κ2) is 5.74. The van der Waals surface area contributed by atoms with E-state index in [1.165, 1.54) is 19.3 Å². The molecule has 1 aliphatic rings. The van der Waals surface area contributed by atoms with E-state index in [2.05, 4.69) is 0 Å². The van der Waals surface area contributed by atoms with Gasteiger partial charge in [-0.05, 0) is 50.3 Å². The Morgan fingerprint density at radius 2 is 2.00 bits per heavy atom. The Kier molecular flexibility index (Phi) is 4.30. The highest BCUT2D eigenvalue weighted by atomic mass is 35.5.